The van der Waals surface area contributed by atoms with Crippen molar-refractivity contribution in [2.24, 2.45) is 4.99 Å². The Kier molecular flexibility index (Phi) is 5.54. The molecule has 4 nitrogen and oxygen atoms in total. The van der Waals surface area contributed by atoms with Crippen molar-refractivity contribution in [3.63, 3.8) is 0 Å². The van der Waals surface area contributed by atoms with E-state index in [4.69, 9.17) is 18.9 Å². The van der Waals surface area contributed by atoms with Crippen LogP contribution in [0.4, 0.5) is 0 Å². The van der Waals surface area contributed by atoms with E-state index >= 15 is 0 Å². The molecule has 3 rings (SSSR count). The molecule has 0 bridgehead atoms. The van der Waals surface area contributed by atoms with E-state index in [1.54, 1.807) is 14.2 Å². The van der Waals surface area contributed by atoms with E-state index in [-0.39, 0.29) is 6.04 Å². The standard InChI is InChI=1S/C23H27NO3/c1-7-16(4)24-18-13-20(17-8-9-19(25-5)21(12-17)26-6)27-22-11-14(2)10-15(3)23(18)22/h8-13,16H,7H2,1-6H3/t16-/m0/s1. The highest BCUT2D eigenvalue weighted by atomic mass is 16.5. The summed E-state index contributed by atoms with van der Waals surface area (Å²) in [6.07, 6.45) is 0.990. The van der Waals surface area contributed by atoms with Crippen LogP contribution in [0.5, 0.6) is 11.5 Å². The Morgan fingerprint density at radius 1 is 1.00 bits per heavy atom. The molecule has 0 unspecified atom stereocenters. The van der Waals surface area contributed by atoms with Crippen LogP contribution in [0.3, 0.4) is 0 Å². The fraction of sp³-hybridized carbons (Fsp3) is 0.348. The predicted molar refractivity (Wildman–Crippen MR) is 110 cm³/mol. The zero-order chi connectivity index (χ0) is 19.6. The molecule has 0 saturated carbocycles. The molecule has 0 saturated heterocycles. The van der Waals surface area contributed by atoms with Crippen LogP contribution in [0, 0.1) is 13.8 Å². The topological polar surface area (TPSA) is 44.0 Å². The van der Waals surface area contributed by atoms with E-state index < -0.39 is 0 Å². The lowest BCUT2D eigenvalue weighted by molar-refractivity contribution is 0.355. The second kappa shape index (κ2) is 7.87. The van der Waals surface area contributed by atoms with Gasteiger partial charge >= 0.3 is 0 Å². The van der Waals surface area contributed by atoms with Gasteiger partial charge in [0, 0.05) is 23.1 Å². The molecule has 0 N–H and O–H groups in total. The van der Waals surface area contributed by atoms with Crippen LogP contribution in [0.2, 0.25) is 0 Å². The summed E-state index contributed by atoms with van der Waals surface area (Å²) in [4.78, 5) is 4.94. The van der Waals surface area contributed by atoms with Gasteiger partial charge in [0.05, 0.1) is 19.6 Å². The van der Waals surface area contributed by atoms with Crippen molar-refractivity contribution >= 4 is 11.0 Å². The number of nitrogens with zero attached hydrogens (tertiary/aromatic N) is 1. The number of rotatable bonds is 5. The highest BCUT2D eigenvalue weighted by Crippen LogP contribution is 2.33. The summed E-state index contributed by atoms with van der Waals surface area (Å²) in [5.74, 6) is 2.12. The van der Waals surface area contributed by atoms with Crippen LogP contribution in [0.25, 0.3) is 22.3 Å². The first-order valence-electron chi connectivity index (χ1n) is 9.28. The van der Waals surface area contributed by atoms with Crippen LogP contribution in [-0.4, -0.2) is 20.3 Å². The molecule has 1 heterocycles. The number of hydrogen-bond donors (Lipinski definition) is 0. The number of aryl methyl sites for hydroxylation is 2. The fourth-order valence-electron chi connectivity index (χ4n) is 3.24. The maximum Gasteiger partial charge on any atom is 0.161 e. The minimum atomic E-state index is 0.245. The predicted octanol–water partition coefficient (Wildman–Crippen LogP) is 5.43. The maximum absolute atomic E-state index is 6.28. The van der Waals surface area contributed by atoms with Gasteiger partial charge in [-0.1, -0.05) is 13.0 Å². The number of ether oxygens (including phenoxy) is 2. The second-order valence-electron chi connectivity index (χ2n) is 6.91. The minimum absolute atomic E-state index is 0.245. The molecule has 0 aliphatic rings. The monoisotopic (exact) mass is 365 g/mol. The zero-order valence-corrected chi connectivity index (χ0v) is 16.9. The molecule has 0 aliphatic heterocycles. The molecule has 1 atom stereocenters. The fourth-order valence-corrected chi connectivity index (χ4v) is 3.24. The molecule has 142 valence electrons. The molecule has 0 amide bonds. The first-order chi connectivity index (χ1) is 13.0. The molecule has 0 radical (unpaired) electrons. The van der Waals surface area contributed by atoms with Gasteiger partial charge in [-0.2, -0.15) is 0 Å². The molecule has 1 aromatic heterocycles. The molecule has 2 aromatic carbocycles. The van der Waals surface area contributed by atoms with E-state index in [9.17, 15) is 0 Å². The third-order valence-electron chi connectivity index (χ3n) is 4.81. The molecule has 27 heavy (non-hydrogen) atoms. The molecule has 0 aliphatic carbocycles. The largest absolute Gasteiger partial charge is 0.493 e. The third-order valence-corrected chi connectivity index (χ3v) is 4.81. The third kappa shape index (κ3) is 3.85. The van der Waals surface area contributed by atoms with Crippen LogP contribution in [0.1, 0.15) is 31.4 Å². The van der Waals surface area contributed by atoms with Crippen LogP contribution in [-0.2, 0) is 0 Å². The van der Waals surface area contributed by atoms with Gasteiger partial charge < -0.3 is 13.9 Å². The van der Waals surface area contributed by atoms with Gasteiger partial charge in [-0.3, -0.25) is 4.99 Å². The quantitative estimate of drug-likeness (QED) is 0.605. The van der Waals surface area contributed by atoms with E-state index in [0.717, 1.165) is 34.1 Å². The number of hydrogen-bond acceptors (Lipinski definition) is 4. The molecule has 3 aromatic rings. The smallest absolute Gasteiger partial charge is 0.161 e. The zero-order valence-electron chi connectivity index (χ0n) is 16.9. The summed E-state index contributed by atoms with van der Waals surface area (Å²) < 4.78 is 17.1. The lowest BCUT2D eigenvalue weighted by Crippen LogP contribution is -2.10. The summed E-state index contributed by atoms with van der Waals surface area (Å²) in [6.45, 7) is 8.47. The van der Waals surface area contributed by atoms with E-state index in [2.05, 4.69) is 39.8 Å². The summed E-state index contributed by atoms with van der Waals surface area (Å²) in [5, 5.41) is 2.04. The SMILES string of the molecule is CC[C@H](C)N=c1cc(-c2ccc(OC)c(OC)c2)oc2cc(C)cc(C)c12. The molecular formula is C23H27NO3. The Balaban J connectivity index is 2.30. The van der Waals surface area contributed by atoms with Crippen molar-refractivity contribution in [2.45, 2.75) is 40.2 Å². The van der Waals surface area contributed by atoms with Gasteiger partial charge in [-0.05, 0) is 62.6 Å². The lowest BCUT2D eigenvalue weighted by atomic mass is 10.0. The highest BCUT2D eigenvalue weighted by molar-refractivity contribution is 5.82. The maximum atomic E-state index is 6.28. The average molecular weight is 365 g/mol. The van der Waals surface area contributed by atoms with Crippen molar-refractivity contribution in [3.8, 4) is 22.8 Å². The number of methoxy groups -OCH3 is 2. The van der Waals surface area contributed by atoms with E-state index in [0.29, 0.717) is 11.5 Å². The number of fused-ring (bicyclic) bond motifs is 1. The highest BCUT2D eigenvalue weighted by Gasteiger charge is 2.12. The van der Waals surface area contributed by atoms with Crippen molar-refractivity contribution in [2.75, 3.05) is 14.2 Å². The van der Waals surface area contributed by atoms with Crippen LogP contribution < -0.4 is 14.8 Å². The Morgan fingerprint density at radius 2 is 1.74 bits per heavy atom. The van der Waals surface area contributed by atoms with Gasteiger partial charge in [0.15, 0.2) is 11.5 Å². The van der Waals surface area contributed by atoms with Gasteiger partial charge in [-0.25, -0.2) is 0 Å². The Morgan fingerprint density at radius 3 is 2.41 bits per heavy atom. The molecular weight excluding hydrogens is 338 g/mol. The van der Waals surface area contributed by atoms with Crippen LogP contribution in [0.15, 0.2) is 45.8 Å². The summed E-state index contributed by atoms with van der Waals surface area (Å²) in [7, 11) is 3.27. The molecule has 0 fully saturated rings. The van der Waals surface area contributed by atoms with Gasteiger partial charge in [0.25, 0.3) is 0 Å². The second-order valence-corrected chi connectivity index (χ2v) is 6.91. The van der Waals surface area contributed by atoms with E-state index in [1.165, 1.54) is 11.1 Å². The van der Waals surface area contributed by atoms with Crippen molar-refractivity contribution in [1.82, 2.24) is 0 Å². The van der Waals surface area contributed by atoms with Gasteiger partial charge in [0.2, 0.25) is 0 Å². The molecule has 4 heteroatoms. The lowest BCUT2D eigenvalue weighted by Gasteiger charge is -2.12. The summed E-state index contributed by atoms with van der Waals surface area (Å²) in [6, 6.07) is 12.3. The Labute approximate surface area is 160 Å². The van der Waals surface area contributed by atoms with Crippen LogP contribution >= 0.6 is 0 Å². The normalized spacial score (nSPS) is 13.0. The minimum Gasteiger partial charge on any atom is -0.493 e. The van der Waals surface area contributed by atoms with Gasteiger partial charge in [-0.15, -0.1) is 0 Å². The van der Waals surface area contributed by atoms with Crippen molar-refractivity contribution < 1.29 is 13.9 Å². The Bertz CT molecular complexity index is 1030. The van der Waals surface area contributed by atoms with Gasteiger partial charge in [0.1, 0.15) is 11.3 Å². The first kappa shape index (κ1) is 19.0. The summed E-state index contributed by atoms with van der Waals surface area (Å²) >= 11 is 0. The Hall–Kier alpha value is -2.75. The van der Waals surface area contributed by atoms with Crippen molar-refractivity contribution in [1.29, 1.82) is 0 Å². The van der Waals surface area contributed by atoms with Crippen molar-refractivity contribution in [3.05, 3.63) is 52.9 Å². The number of benzene rings is 2. The van der Waals surface area contributed by atoms with E-state index in [1.807, 2.05) is 24.3 Å². The summed E-state index contributed by atoms with van der Waals surface area (Å²) in [5.41, 5.74) is 4.12. The molecule has 0 spiro atoms. The first-order valence-corrected chi connectivity index (χ1v) is 9.28. The average Bonchev–Trinajstić information content (AvgIpc) is 2.66.